The minimum Gasteiger partial charge on any atom is -0.507 e. The Labute approximate surface area is 99.0 Å². The zero-order chi connectivity index (χ0) is 12.3. The van der Waals surface area contributed by atoms with Crippen molar-refractivity contribution in [3.05, 3.63) is 54.1 Å². The Morgan fingerprint density at radius 1 is 1.18 bits per heavy atom. The van der Waals surface area contributed by atoms with Crippen LogP contribution in [0.4, 0.5) is 0 Å². The van der Waals surface area contributed by atoms with Crippen molar-refractivity contribution in [2.45, 2.75) is 0 Å². The number of rotatable bonds is 2. The van der Waals surface area contributed by atoms with Crippen molar-refractivity contribution in [2.24, 2.45) is 0 Å². The van der Waals surface area contributed by atoms with Crippen LogP contribution in [0.25, 0.3) is 16.5 Å². The zero-order valence-electron chi connectivity index (χ0n) is 9.38. The van der Waals surface area contributed by atoms with Gasteiger partial charge in [-0.1, -0.05) is 36.4 Å². The fraction of sp³-hybridized carbons (Fsp3) is 0.0714. The third kappa shape index (κ3) is 2.45. The van der Waals surface area contributed by atoms with Gasteiger partial charge in [-0.05, 0) is 16.8 Å². The minimum atomic E-state index is -0.573. The number of esters is 1. The van der Waals surface area contributed by atoms with E-state index in [1.807, 2.05) is 36.4 Å². The molecule has 0 saturated carbocycles. The monoisotopic (exact) mass is 228 g/mol. The Balaban J connectivity index is 2.43. The van der Waals surface area contributed by atoms with Crippen molar-refractivity contribution >= 4 is 22.5 Å². The number of hydrogen-bond acceptors (Lipinski definition) is 3. The van der Waals surface area contributed by atoms with E-state index < -0.39 is 5.97 Å². The summed E-state index contributed by atoms with van der Waals surface area (Å²) >= 11 is 0. The first-order chi connectivity index (χ1) is 8.20. The number of aliphatic hydroxyl groups is 1. The quantitative estimate of drug-likeness (QED) is 0.488. The van der Waals surface area contributed by atoms with Crippen molar-refractivity contribution < 1.29 is 14.6 Å². The highest BCUT2D eigenvalue weighted by molar-refractivity contribution is 5.91. The first kappa shape index (κ1) is 11.2. The molecule has 0 atom stereocenters. The van der Waals surface area contributed by atoms with E-state index in [0.717, 1.165) is 16.8 Å². The van der Waals surface area contributed by atoms with Crippen LogP contribution in [0.3, 0.4) is 0 Å². The largest absolute Gasteiger partial charge is 0.507 e. The minimum absolute atomic E-state index is 0.0948. The lowest BCUT2D eigenvalue weighted by Gasteiger charge is -2.02. The van der Waals surface area contributed by atoms with Crippen molar-refractivity contribution in [2.75, 3.05) is 7.11 Å². The van der Waals surface area contributed by atoms with Gasteiger partial charge in [0.2, 0.25) is 0 Å². The van der Waals surface area contributed by atoms with Gasteiger partial charge in [-0.2, -0.15) is 0 Å². The molecule has 0 saturated heterocycles. The number of hydrogen-bond donors (Lipinski definition) is 1. The molecular weight excluding hydrogens is 216 g/mol. The predicted octanol–water partition coefficient (Wildman–Crippen LogP) is 2.91. The van der Waals surface area contributed by atoms with Gasteiger partial charge in [-0.25, -0.2) is 4.79 Å². The Morgan fingerprint density at radius 3 is 2.59 bits per heavy atom. The third-order valence-corrected chi connectivity index (χ3v) is 2.50. The number of fused-ring (bicyclic) bond motifs is 1. The fourth-order valence-corrected chi connectivity index (χ4v) is 1.60. The Bertz CT molecular complexity index is 585. The molecule has 0 bridgehead atoms. The average Bonchev–Trinajstić information content (AvgIpc) is 2.38. The molecule has 2 aromatic carbocycles. The number of carbonyl (C=O) groups excluding carboxylic acids is 1. The number of methoxy groups -OCH3 is 1. The smallest absolute Gasteiger partial charge is 0.334 e. The molecule has 17 heavy (non-hydrogen) atoms. The fourth-order valence-electron chi connectivity index (χ4n) is 1.60. The van der Waals surface area contributed by atoms with E-state index in [9.17, 15) is 9.90 Å². The normalized spacial score (nSPS) is 11.5. The van der Waals surface area contributed by atoms with Gasteiger partial charge >= 0.3 is 5.97 Å². The van der Waals surface area contributed by atoms with Crippen molar-refractivity contribution in [1.82, 2.24) is 0 Å². The molecule has 0 aliphatic rings. The maximum atomic E-state index is 11.0. The lowest BCUT2D eigenvalue weighted by molar-refractivity contribution is -0.134. The third-order valence-electron chi connectivity index (χ3n) is 2.50. The highest BCUT2D eigenvalue weighted by Crippen LogP contribution is 2.19. The van der Waals surface area contributed by atoms with Crippen molar-refractivity contribution in [3.63, 3.8) is 0 Å². The lowest BCUT2D eigenvalue weighted by atomic mass is 10.1. The second kappa shape index (κ2) is 4.70. The van der Waals surface area contributed by atoms with Crippen LogP contribution >= 0.6 is 0 Å². The summed E-state index contributed by atoms with van der Waals surface area (Å²) in [5, 5.41) is 11.8. The number of aliphatic hydroxyl groups excluding tert-OH is 1. The maximum absolute atomic E-state index is 11.0. The van der Waals surface area contributed by atoms with Crippen LogP contribution in [0.2, 0.25) is 0 Å². The van der Waals surface area contributed by atoms with Crippen molar-refractivity contribution in [3.8, 4) is 0 Å². The summed E-state index contributed by atoms with van der Waals surface area (Å²) in [6.45, 7) is 0. The maximum Gasteiger partial charge on any atom is 0.334 e. The summed E-state index contributed by atoms with van der Waals surface area (Å²) in [6, 6.07) is 13.3. The first-order valence-corrected chi connectivity index (χ1v) is 5.18. The van der Waals surface area contributed by atoms with E-state index in [1.54, 1.807) is 6.07 Å². The van der Waals surface area contributed by atoms with Crippen LogP contribution in [0.1, 0.15) is 5.56 Å². The van der Waals surface area contributed by atoms with Gasteiger partial charge in [0.25, 0.3) is 0 Å². The lowest BCUT2D eigenvalue weighted by Crippen LogP contribution is -1.96. The van der Waals surface area contributed by atoms with Gasteiger partial charge in [-0.15, -0.1) is 0 Å². The molecule has 0 unspecified atom stereocenters. The van der Waals surface area contributed by atoms with Crippen LogP contribution in [-0.2, 0) is 9.53 Å². The molecule has 0 aliphatic heterocycles. The molecule has 0 fully saturated rings. The van der Waals surface area contributed by atoms with Crippen LogP contribution < -0.4 is 0 Å². The van der Waals surface area contributed by atoms with E-state index in [1.165, 1.54) is 7.11 Å². The summed E-state index contributed by atoms with van der Waals surface area (Å²) in [5.74, 6) is -0.668. The highest BCUT2D eigenvalue weighted by atomic mass is 16.5. The van der Waals surface area contributed by atoms with Crippen molar-refractivity contribution in [1.29, 1.82) is 0 Å². The van der Waals surface area contributed by atoms with Gasteiger partial charge in [0.1, 0.15) is 5.76 Å². The van der Waals surface area contributed by atoms with Gasteiger partial charge in [0.05, 0.1) is 13.2 Å². The van der Waals surface area contributed by atoms with E-state index in [0.29, 0.717) is 5.56 Å². The molecule has 2 rings (SSSR count). The summed E-state index contributed by atoms with van der Waals surface area (Å²) in [5.41, 5.74) is 0.592. The molecule has 0 aromatic heterocycles. The Kier molecular flexibility index (Phi) is 3.10. The standard InChI is InChI=1S/C14H12O3/c1-17-14(16)9-13(15)12-7-6-10-4-2-3-5-11(10)8-12/h2-9,15H,1H3. The Hall–Kier alpha value is -2.29. The topological polar surface area (TPSA) is 46.5 Å². The van der Waals surface area contributed by atoms with Crippen LogP contribution in [0.15, 0.2) is 48.5 Å². The van der Waals surface area contributed by atoms with Gasteiger partial charge in [0.15, 0.2) is 0 Å². The predicted molar refractivity (Wildman–Crippen MR) is 66.6 cm³/mol. The molecule has 2 aromatic rings. The van der Waals surface area contributed by atoms with Crippen LogP contribution in [0, 0.1) is 0 Å². The number of carbonyl (C=O) groups is 1. The van der Waals surface area contributed by atoms with E-state index in [4.69, 9.17) is 0 Å². The molecular formula is C14H12O3. The molecule has 0 aliphatic carbocycles. The van der Waals surface area contributed by atoms with E-state index >= 15 is 0 Å². The number of benzene rings is 2. The molecule has 0 radical (unpaired) electrons. The summed E-state index contributed by atoms with van der Waals surface area (Å²) in [7, 11) is 1.27. The first-order valence-electron chi connectivity index (χ1n) is 5.18. The molecule has 3 nitrogen and oxygen atoms in total. The highest BCUT2D eigenvalue weighted by Gasteiger charge is 2.03. The molecule has 0 heterocycles. The van der Waals surface area contributed by atoms with Crippen LogP contribution in [-0.4, -0.2) is 18.2 Å². The molecule has 0 spiro atoms. The molecule has 3 heteroatoms. The Morgan fingerprint density at radius 2 is 1.88 bits per heavy atom. The molecule has 1 N–H and O–H groups in total. The van der Waals surface area contributed by atoms with Gasteiger partial charge < -0.3 is 9.84 Å². The van der Waals surface area contributed by atoms with E-state index in [-0.39, 0.29) is 5.76 Å². The average molecular weight is 228 g/mol. The van der Waals surface area contributed by atoms with Crippen LogP contribution in [0.5, 0.6) is 0 Å². The summed E-state index contributed by atoms with van der Waals surface area (Å²) in [4.78, 5) is 11.0. The zero-order valence-corrected chi connectivity index (χ0v) is 9.38. The summed E-state index contributed by atoms with van der Waals surface area (Å²) < 4.78 is 4.45. The molecule has 86 valence electrons. The second-order valence-electron chi connectivity index (χ2n) is 3.61. The van der Waals surface area contributed by atoms with E-state index in [2.05, 4.69) is 4.74 Å². The molecule has 0 amide bonds. The number of ether oxygens (including phenoxy) is 1. The van der Waals surface area contributed by atoms with Gasteiger partial charge in [0, 0.05) is 5.56 Å². The SMILES string of the molecule is COC(=O)C=C(O)c1ccc2ccccc2c1. The van der Waals surface area contributed by atoms with Gasteiger partial charge in [-0.3, -0.25) is 0 Å². The second-order valence-corrected chi connectivity index (χ2v) is 3.61. The summed E-state index contributed by atoms with van der Waals surface area (Å²) in [6.07, 6.45) is 1.06.